The third kappa shape index (κ3) is 1.27. The van der Waals surface area contributed by atoms with E-state index in [4.69, 9.17) is 5.73 Å². The highest BCUT2D eigenvalue weighted by Crippen LogP contribution is 2.22. The molecule has 1 heterocycles. The third-order valence-corrected chi connectivity index (χ3v) is 2.42. The lowest BCUT2D eigenvalue weighted by molar-refractivity contribution is 1.15. The fourth-order valence-electron chi connectivity index (χ4n) is 1.61. The van der Waals surface area contributed by atoms with E-state index in [-0.39, 0.29) is 5.56 Å². The van der Waals surface area contributed by atoms with E-state index >= 15 is 0 Å². The molecule has 1 aromatic heterocycles. The molecule has 0 saturated carbocycles. The van der Waals surface area contributed by atoms with Gasteiger partial charge in [0.2, 0.25) is 5.56 Å². The van der Waals surface area contributed by atoms with Crippen LogP contribution in [0.3, 0.4) is 0 Å². The number of rotatable bonds is 1. The van der Waals surface area contributed by atoms with E-state index in [1.54, 1.807) is 6.07 Å². The van der Waals surface area contributed by atoms with Gasteiger partial charge in [-0.25, -0.2) is 0 Å². The van der Waals surface area contributed by atoms with Crippen molar-refractivity contribution in [2.24, 2.45) is 0 Å². The summed E-state index contributed by atoms with van der Waals surface area (Å²) in [6.45, 7) is 2.06. The molecule has 2 rings (SSSR count). The van der Waals surface area contributed by atoms with Crippen molar-refractivity contribution in [2.45, 2.75) is 13.3 Å². The monoisotopic (exact) mass is 188 g/mol. The average molecular weight is 188 g/mol. The number of pyridine rings is 1. The second kappa shape index (κ2) is 3.18. The van der Waals surface area contributed by atoms with Crippen LogP contribution in [-0.4, -0.2) is 4.98 Å². The molecule has 0 spiro atoms. The zero-order valence-corrected chi connectivity index (χ0v) is 8.00. The molecule has 0 saturated heterocycles. The van der Waals surface area contributed by atoms with Gasteiger partial charge in [-0.1, -0.05) is 13.0 Å². The lowest BCUT2D eigenvalue weighted by Gasteiger charge is -2.06. The van der Waals surface area contributed by atoms with E-state index in [0.717, 1.165) is 28.6 Å². The van der Waals surface area contributed by atoms with Crippen LogP contribution in [0.1, 0.15) is 12.5 Å². The Kier molecular flexibility index (Phi) is 2.00. The average Bonchev–Trinajstić information content (AvgIpc) is 2.18. The molecule has 0 aliphatic carbocycles. The van der Waals surface area contributed by atoms with Gasteiger partial charge >= 0.3 is 0 Å². The van der Waals surface area contributed by atoms with Crippen LogP contribution in [0.2, 0.25) is 0 Å². The largest absolute Gasteiger partial charge is 0.398 e. The van der Waals surface area contributed by atoms with Crippen LogP contribution >= 0.6 is 0 Å². The zero-order valence-electron chi connectivity index (χ0n) is 8.00. The number of anilines is 1. The molecular formula is C11H12N2O. The molecule has 3 N–H and O–H groups in total. The van der Waals surface area contributed by atoms with Crippen LogP contribution in [0.4, 0.5) is 5.69 Å². The number of fused-ring (bicyclic) bond motifs is 1. The van der Waals surface area contributed by atoms with Crippen molar-refractivity contribution in [2.75, 3.05) is 5.73 Å². The zero-order chi connectivity index (χ0) is 10.1. The Bertz CT molecular complexity index is 528. The van der Waals surface area contributed by atoms with Gasteiger partial charge in [0.25, 0.3) is 0 Å². The first-order valence-corrected chi connectivity index (χ1v) is 4.62. The van der Waals surface area contributed by atoms with Crippen molar-refractivity contribution in [3.05, 3.63) is 40.2 Å². The highest BCUT2D eigenvalue weighted by molar-refractivity contribution is 5.91. The predicted molar refractivity (Wildman–Crippen MR) is 58.4 cm³/mol. The maximum Gasteiger partial charge on any atom is 0.248 e. The summed E-state index contributed by atoms with van der Waals surface area (Å²) in [5, 5.41) is 0.920. The summed E-state index contributed by atoms with van der Waals surface area (Å²) in [7, 11) is 0. The number of benzene rings is 1. The number of aromatic nitrogens is 1. The van der Waals surface area contributed by atoms with Crippen LogP contribution in [0.15, 0.2) is 29.1 Å². The SMILES string of the molecule is CCc1ccc2[nH]c(=O)ccc2c1N. The fourth-order valence-corrected chi connectivity index (χ4v) is 1.61. The molecule has 3 nitrogen and oxygen atoms in total. The van der Waals surface area contributed by atoms with Crippen molar-refractivity contribution in [3.63, 3.8) is 0 Å². The molecule has 72 valence electrons. The summed E-state index contributed by atoms with van der Waals surface area (Å²) in [6.07, 6.45) is 0.904. The molecule has 14 heavy (non-hydrogen) atoms. The highest BCUT2D eigenvalue weighted by atomic mass is 16.1. The van der Waals surface area contributed by atoms with Gasteiger partial charge in [-0.05, 0) is 24.1 Å². The van der Waals surface area contributed by atoms with Crippen molar-refractivity contribution in [1.29, 1.82) is 0 Å². The molecule has 0 aliphatic heterocycles. The molecule has 1 aromatic carbocycles. The van der Waals surface area contributed by atoms with E-state index in [1.807, 2.05) is 12.1 Å². The molecule has 0 fully saturated rings. The molecule has 0 radical (unpaired) electrons. The van der Waals surface area contributed by atoms with Gasteiger partial charge in [0.15, 0.2) is 0 Å². The highest BCUT2D eigenvalue weighted by Gasteiger charge is 2.02. The van der Waals surface area contributed by atoms with Crippen LogP contribution in [0.5, 0.6) is 0 Å². The summed E-state index contributed by atoms with van der Waals surface area (Å²) in [6, 6.07) is 7.11. The van der Waals surface area contributed by atoms with Gasteiger partial charge < -0.3 is 10.7 Å². The van der Waals surface area contributed by atoms with E-state index in [0.29, 0.717) is 0 Å². The fraction of sp³-hybridized carbons (Fsp3) is 0.182. The minimum Gasteiger partial charge on any atom is -0.398 e. The van der Waals surface area contributed by atoms with E-state index in [2.05, 4.69) is 11.9 Å². The number of H-pyrrole nitrogens is 1. The lowest BCUT2D eigenvalue weighted by atomic mass is 10.1. The lowest BCUT2D eigenvalue weighted by Crippen LogP contribution is -2.04. The summed E-state index contributed by atoms with van der Waals surface area (Å²) in [4.78, 5) is 13.8. The van der Waals surface area contributed by atoms with Crippen LogP contribution < -0.4 is 11.3 Å². The molecule has 0 aliphatic rings. The molecule has 0 unspecified atom stereocenters. The first-order chi connectivity index (χ1) is 6.72. The minimum absolute atomic E-state index is 0.0962. The normalized spacial score (nSPS) is 10.6. The Morgan fingerprint density at radius 2 is 2.07 bits per heavy atom. The van der Waals surface area contributed by atoms with Gasteiger partial charge in [-0.3, -0.25) is 4.79 Å². The Labute approximate surface area is 81.6 Å². The molecule has 0 amide bonds. The van der Waals surface area contributed by atoms with Crippen molar-refractivity contribution in [1.82, 2.24) is 4.98 Å². The number of nitrogens with two attached hydrogens (primary N) is 1. The third-order valence-electron chi connectivity index (χ3n) is 2.42. The number of aryl methyl sites for hydroxylation is 1. The van der Waals surface area contributed by atoms with Gasteiger partial charge in [0.05, 0.1) is 5.52 Å². The van der Waals surface area contributed by atoms with E-state index < -0.39 is 0 Å². The first kappa shape index (κ1) is 8.81. The number of hydrogen-bond donors (Lipinski definition) is 2. The van der Waals surface area contributed by atoms with Crippen LogP contribution in [0, 0.1) is 0 Å². The van der Waals surface area contributed by atoms with E-state index in [9.17, 15) is 4.79 Å². The first-order valence-electron chi connectivity index (χ1n) is 4.62. The Hall–Kier alpha value is -1.77. The smallest absolute Gasteiger partial charge is 0.248 e. The Morgan fingerprint density at radius 1 is 1.29 bits per heavy atom. The second-order valence-electron chi connectivity index (χ2n) is 3.28. The summed E-state index contributed by atoms with van der Waals surface area (Å²) in [5.74, 6) is 0. The molecule has 3 heteroatoms. The van der Waals surface area contributed by atoms with Gasteiger partial charge in [0.1, 0.15) is 0 Å². The summed E-state index contributed by atoms with van der Waals surface area (Å²) in [5.41, 5.74) is 8.54. The van der Waals surface area contributed by atoms with E-state index in [1.165, 1.54) is 6.07 Å². The van der Waals surface area contributed by atoms with Gasteiger partial charge in [-0.2, -0.15) is 0 Å². The molecule has 0 bridgehead atoms. The topological polar surface area (TPSA) is 58.9 Å². The van der Waals surface area contributed by atoms with Crippen molar-refractivity contribution >= 4 is 16.6 Å². The summed E-state index contributed by atoms with van der Waals surface area (Å²) >= 11 is 0. The predicted octanol–water partition coefficient (Wildman–Crippen LogP) is 1.67. The minimum atomic E-state index is -0.0962. The molecular weight excluding hydrogens is 176 g/mol. The van der Waals surface area contributed by atoms with Gasteiger partial charge in [0, 0.05) is 17.1 Å². The van der Waals surface area contributed by atoms with Crippen LogP contribution in [0.25, 0.3) is 10.9 Å². The van der Waals surface area contributed by atoms with Crippen molar-refractivity contribution in [3.8, 4) is 0 Å². The Balaban J connectivity index is 2.84. The molecule has 2 aromatic rings. The molecule has 0 atom stereocenters. The standard InChI is InChI=1S/C11H12N2O/c1-2-7-3-5-9-8(11(7)12)4-6-10(14)13-9/h3-6H,2,12H2,1H3,(H,13,14). The quantitative estimate of drug-likeness (QED) is 0.669. The second-order valence-corrected chi connectivity index (χ2v) is 3.28. The number of nitrogens with one attached hydrogen (secondary N) is 1. The number of hydrogen-bond acceptors (Lipinski definition) is 2. The van der Waals surface area contributed by atoms with Crippen molar-refractivity contribution < 1.29 is 0 Å². The summed E-state index contributed by atoms with van der Waals surface area (Å²) < 4.78 is 0. The van der Waals surface area contributed by atoms with Crippen LogP contribution in [-0.2, 0) is 6.42 Å². The Morgan fingerprint density at radius 3 is 2.79 bits per heavy atom. The maximum absolute atomic E-state index is 11.1. The number of nitrogen functional groups attached to an aromatic ring is 1. The maximum atomic E-state index is 11.1. The van der Waals surface area contributed by atoms with Gasteiger partial charge in [-0.15, -0.1) is 0 Å². The number of aromatic amines is 1.